The lowest BCUT2D eigenvalue weighted by atomic mass is 9.79. The Kier molecular flexibility index (Phi) is 2.89. The Morgan fingerprint density at radius 2 is 1.32 bits per heavy atom. The lowest BCUT2D eigenvalue weighted by molar-refractivity contribution is 0.0978. The van der Waals surface area contributed by atoms with Gasteiger partial charge < -0.3 is 4.74 Å². The second kappa shape index (κ2) is 4.80. The molecule has 0 aromatic heterocycles. The second-order valence-corrected chi connectivity index (χ2v) is 5.94. The molecular weight excluding hydrogens is 276 g/mol. The first-order chi connectivity index (χ1) is 10.7. The summed E-state index contributed by atoms with van der Waals surface area (Å²) in [6, 6.07) is 8.96. The van der Waals surface area contributed by atoms with Crippen LogP contribution < -0.4 is 4.74 Å². The molecule has 3 nitrogen and oxygen atoms in total. The molecule has 0 saturated carbocycles. The number of carbonyl (C=O) groups is 2. The maximum atomic E-state index is 12.8. The summed E-state index contributed by atoms with van der Waals surface area (Å²) >= 11 is 0. The Morgan fingerprint density at radius 3 is 1.91 bits per heavy atom. The lowest BCUT2D eigenvalue weighted by Crippen LogP contribution is -2.22. The molecule has 0 saturated heterocycles. The van der Waals surface area contributed by atoms with Crippen LogP contribution in [0.2, 0.25) is 0 Å². The quantitative estimate of drug-likeness (QED) is 0.691. The molecule has 2 aromatic rings. The van der Waals surface area contributed by atoms with E-state index in [2.05, 4.69) is 0 Å². The van der Waals surface area contributed by atoms with Gasteiger partial charge >= 0.3 is 0 Å². The minimum Gasteiger partial charge on any atom is -0.497 e. The highest BCUT2D eigenvalue weighted by molar-refractivity contribution is 6.28. The van der Waals surface area contributed by atoms with Crippen LogP contribution in [0.4, 0.5) is 0 Å². The van der Waals surface area contributed by atoms with Crippen molar-refractivity contribution >= 4 is 11.6 Å². The zero-order chi connectivity index (χ0) is 15.3. The predicted octanol–water partition coefficient (Wildman–Crippen LogP) is 3.35. The Hall–Kier alpha value is -2.42. The number of ketones is 2. The molecule has 0 bridgehead atoms. The summed E-state index contributed by atoms with van der Waals surface area (Å²) in [5.41, 5.74) is 4.48. The number of fused-ring (bicyclic) bond motifs is 3. The van der Waals surface area contributed by atoms with Crippen LogP contribution >= 0.6 is 0 Å². The maximum absolute atomic E-state index is 12.8. The number of benzene rings is 2. The SMILES string of the molecule is COc1ccc2c(c1)C(=O)c1cc3c(cc1C2=O)CCCC3. The van der Waals surface area contributed by atoms with E-state index in [1.54, 1.807) is 25.3 Å². The van der Waals surface area contributed by atoms with Gasteiger partial charge in [0, 0.05) is 22.3 Å². The fraction of sp³-hybridized carbons (Fsp3) is 0.263. The van der Waals surface area contributed by atoms with Crippen molar-refractivity contribution in [1.29, 1.82) is 0 Å². The third-order valence-electron chi connectivity index (χ3n) is 4.69. The number of methoxy groups -OCH3 is 1. The smallest absolute Gasteiger partial charge is 0.194 e. The molecule has 0 radical (unpaired) electrons. The topological polar surface area (TPSA) is 43.4 Å². The van der Waals surface area contributed by atoms with E-state index in [1.807, 2.05) is 12.1 Å². The largest absolute Gasteiger partial charge is 0.497 e. The molecule has 2 aliphatic rings. The van der Waals surface area contributed by atoms with Crippen molar-refractivity contribution in [3.05, 3.63) is 63.7 Å². The van der Waals surface area contributed by atoms with Gasteiger partial charge in [-0.15, -0.1) is 0 Å². The summed E-state index contributed by atoms with van der Waals surface area (Å²) in [4.78, 5) is 25.5. The summed E-state index contributed by atoms with van der Waals surface area (Å²) < 4.78 is 5.18. The average molecular weight is 292 g/mol. The van der Waals surface area contributed by atoms with E-state index in [4.69, 9.17) is 4.74 Å². The van der Waals surface area contributed by atoms with Crippen molar-refractivity contribution in [1.82, 2.24) is 0 Å². The van der Waals surface area contributed by atoms with Crippen LogP contribution in [0.25, 0.3) is 0 Å². The first-order valence-corrected chi connectivity index (χ1v) is 7.62. The van der Waals surface area contributed by atoms with Gasteiger partial charge in [0.1, 0.15) is 5.75 Å². The van der Waals surface area contributed by atoms with Crippen molar-refractivity contribution < 1.29 is 14.3 Å². The molecule has 0 heterocycles. The highest BCUT2D eigenvalue weighted by Crippen LogP contribution is 2.33. The zero-order valence-corrected chi connectivity index (χ0v) is 12.4. The average Bonchev–Trinajstić information content (AvgIpc) is 2.58. The Morgan fingerprint density at radius 1 is 0.773 bits per heavy atom. The maximum Gasteiger partial charge on any atom is 0.194 e. The summed E-state index contributed by atoms with van der Waals surface area (Å²) in [6.45, 7) is 0. The number of aryl methyl sites for hydroxylation is 2. The Balaban J connectivity index is 1.92. The van der Waals surface area contributed by atoms with Crippen LogP contribution in [0, 0.1) is 0 Å². The van der Waals surface area contributed by atoms with E-state index in [1.165, 1.54) is 11.1 Å². The molecule has 110 valence electrons. The van der Waals surface area contributed by atoms with Crippen LogP contribution in [0.15, 0.2) is 30.3 Å². The van der Waals surface area contributed by atoms with Crippen molar-refractivity contribution in [2.24, 2.45) is 0 Å². The van der Waals surface area contributed by atoms with E-state index >= 15 is 0 Å². The van der Waals surface area contributed by atoms with Gasteiger partial charge in [-0.3, -0.25) is 9.59 Å². The molecule has 3 heteroatoms. The number of carbonyl (C=O) groups excluding carboxylic acids is 2. The van der Waals surface area contributed by atoms with Gasteiger partial charge in [0.15, 0.2) is 11.6 Å². The molecule has 0 unspecified atom stereocenters. The summed E-state index contributed by atoms with van der Waals surface area (Å²) in [7, 11) is 1.56. The van der Waals surface area contributed by atoms with Gasteiger partial charge in [-0.1, -0.05) is 0 Å². The third-order valence-corrected chi connectivity index (χ3v) is 4.69. The monoisotopic (exact) mass is 292 g/mol. The Labute approximate surface area is 128 Å². The van der Waals surface area contributed by atoms with Gasteiger partial charge in [-0.2, -0.15) is 0 Å². The number of rotatable bonds is 1. The van der Waals surface area contributed by atoms with Gasteiger partial charge in [-0.05, 0) is 67.1 Å². The highest BCUT2D eigenvalue weighted by atomic mass is 16.5. The van der Waals surface area contributed by atoms with Crippen molar-refractivity contribution in [3.63, 3.8) is 0 Å². The van der Waals surface area contributed by atoms with E-state index in [0.717, 1.165) is 25.7 Å². The molecule has 0 fully saturated rings. The van der Waals surface area contributed by atoms with Gasteiger partial charge in [0.25, 0.3) is 0 Å². The first-order valence-electron chi connectivity index (χ1n) is 7.62. The van der Waals surface area contributed by atoms with E-state index < -0.39 is 0 Å². The van der Waals surface area contributed by atoms with Gasteiger partial charge in [0.2, 0.25) is 0 Å². The third kappa shape index (κ3) is 1.82. The van der Waals surface area contributed by atoms with E-state index in [0.29, 0.717) is 28.0 Å². The van der Waals surface area contributed by atoms with Crippen molar-refractivity contribution in [2.45, 2.75) is 25.7 Å². The van der Waals surface area contributed by atoms with E-state index in [-0.39, 0.29) is 11.6 Å². The number of hydrogen-bond acceptors (Lipinski definition) is 3. The van der Waals surface area contributed by atoms with E-state index in [9.17, 15) is 9.59 Å². The van der Waals surface area contributed by atoms with Crippen LogP contribution in [0.3, 0.4) is 0 Å². The standard InChI is InChI=1S/C19H16O3/c1-22-13-6-7-14-17(10-13)19(21)16-9-12-5-3-2-4-11(12)8-15(16)18(14)20/h6-10H,2-5H2,1H3. The first kappa shape index (κ1) is 13.3. The van der Waals surface area contributed by atoms with Crippen LogP contribution in [0.1, 0.15) is 55.8 Å². The molecular formula is C19H16O3. The minimum atomic E-state index is -0.0723. The molecule has 22 heavy (non-hydrogen) atoms. The second-order valence-electron chi connectivity index (χ2n) is 5.94. The molecule has 0 N–H and O–H groups in total. The molecule has 0 amide bonds. The lowest BCUT2D eigenvalue weighted by Gasteiger charge is -2.23. The zero-order valence-electron chi connectivity index (χ0n) is 12.4. The normalized spacial score (nSPS) is 15.9. The van der Waals surface area contributed by atoms with Crippen molar-refractivity contribution in [3.8, 4) is 5.75 Å². The highest BCUT2D eigenvalue weighted by Gasteiger charge is 2.31. The van der Waals surface area contributed by atoms with Crippen LogP contribution in [-0.4, -0.2) is 18.7 Å². The van der Waals surface area contributed by atoms with Gasteiger partial charge in [0.05, 0.1) is 7.11 Å². The van der Waals surface area contributed by atoms with Crippen LogP contribution in [-0.2, 0) is 12.8 Å². The summed E-state index contributed by atoms with van der Waals surface area (Å²) in [5, 5.41) is 0. The molecule has 2 aliphatic carbocycles. The number of ether oxygens (including phenoxy) is 1. The molecule has 0 atom stereocenters. The fourth-order valence-electron chi connectivity index (χ4n) is 3.49. The molecule has 4 rings (SSSR count). The molecule has 2 aromatic carbocycles. The molecule has 0 aliphatic heterocycles. The fourth-order valence-corrected chi connectivity index (χ4v) is 3.49. The van der Waals surface area contributed by atoms with Crippen LogP contribution in [0.5, 0.6) is 5.75 Å². The predicted molar refractivity (Wildman–Crippen MR) is 82.9 cm³/mol. The molecule has 0 spiro atoms. The van der Waals surface area contributed by atoms with Gasteiger partial charge in [-0.25, -0.2) is 0 Å². The summed E-state index contributed by atoms with van der Waals surface area (Å²) in [6.07, 6.45) is 4.30. The Bertz CT molecular complexity index is 818. The number of hydrogen-bond donors (Lipinski definition) is 0. The summed E-state index contributed by atoms with van der Waals surface area (Å²) in [5.74, 6) is 0.471. The van der Waals surface area contributed by atoms with Crippen molar-refractivity contribution in [2.75, 3.05) is 7.11 Å². The minimum absolute atomic E-state index is 0.0550.